The number of carboxylic acid groups (broad SMARTS) is 1. The van der Waals surface area contributed by atoms with E-state index in [1.807, 2.05) is 69.9 Å². The molecule has 2 N–H and O–H groups in total. The van der Waals surface area contributed by atoms with E-state index in [9.17, 15) is 33.9 Å². The van der Waals surface area contributed by atoms with Gasteiger partial charge in [-0.15, -0.1) is 9.24 Å². The maximum atomic E-state index is 13.6. The third-order valence-electron chi connectivity index (χ3n) is 13.9. The Morgan fingerprint density at radius 1 is 0.636 bits per heavy atom. The van der Waals surface area contributed by atoms with E-state index in [0.717, 1.165) is 38.6 Å². The minimum Gasteiger partial charge on any atom is -0.480 e. The van der Waals surface area contributed by atoms with Gasteiger partial charge in [0, 0.05) is 68.5 Å². The normalized spacial score (nSPS) is 16.5. The van der Waals surface area contributed by atoms with E-state index in [0.29, 0.717) is 99.7 Å². The van der Waals surface area contributed by atoms with Crippen molar-refractivity contribution in [2.75, 3.05) is 98.6 Å². The van der Waals surface area contributed by atoms with Gasteiger partial charge in [0.15, 0.2) is 5.60 Å². The second kappa shape index (κ2) is 32.7. The molecule has 10 rings (SSSR count). The Balaban J connectivity index is 0.000000199. The van der Waals surface area contributed by atoms with E-state index in [-0.39, 0.29) is 75.7 Å². The van der Waals surface area contributed by atoms with E-state index < -0.39 is 47.9 Å². The molecule has 0 saturated heterocycles. The number of fused-ring (bicyclic) bond motifs is 10. The van der Waals surface area contributed by atoms with Crippen molar-refractivity contribution in [1.29, 1.82) is 0 Å². The number of aliphatic hydroxyl groups is 1. The summed E-state index contributed by atoms with van der Waals surface area (Å²) in [5.74, 6) is -3.22. The lowest BCUT2D eigenvalue weighted by Crippen LogP contribution is -2.48. The average molecular weight is 1240 g/mol. The smallest absolute Gasteiger partial charge is 0.355 e. The van der Waals surface area contributed by atoms with Gasteiger partial charge in [0.25, 0.3) is 11.1 Å². The lowest BCUT2D eigenvalue weighted by Gasteiger charge is -2.35. The largest absolute Gasteiger partial charge is 0.480 e. The summed E-state index contributed by atoms with van der Waals surface area (Å²) >= 11 is 0. The molecule has 4 aliphatic heterocycles. The predicted molar refractivity (Wildman–Crippen MR) is 317 cm³/mol. The molecule has 0 aliphatic carbocycles. The number of pyridine rings is 4. The topological polar surface area (TPSA) is 408 Å². The zero-order valence-corrected chi connectivity index (χ0v) is 49.2. The SMILES string of the molecule is CC[C@@]1(O)C(=O)OCc2c1cc1n(c2=O)Cc2cc3ccccc3nc2-1.CC[C@@]1(OC(=O)COCCOCCOCCN=[N+]=[N-])C(=O)OCc2c1cc1n(c2=O)Cc2cc3ccccc3nc2-1.[3H]C(P)N=[N+]=[N-].[N-]=[N+]=NCCOCCOCCOCC(=O)O. The highest BCUT2D eigenvalue weighted by molar-refractivity contribution is 7.16. The highest BCUT2D eigenvalue weighted by Gasteiger charge is 2.51. The standard InChI is InChI=1S/C28H29N5O8.C20H16N2O4.C8H15N3O5.CH4N3P/c1-2-28(41-24(34)17-39-12-11-38-10-9-37-8-7-30-32-29)21-14-23-25-19(13-18-5-3-4-6-22(18)31-25)15-33(23)26(35)20(21)16-40-27(28)36;1-2-20(25)14-8-16-17-12(7-11-5-3-4-6-15(11)21-17)9-22(16)18(23)13(14)10-26-19(20)24;9-11-10-1-2-14-3-4-15-5-6-16-7-8(12)13;2-4-3-1-5/h3-6,13-14H,2,7-12,15-17H2,1H3;3-8,25H,2,9-10H2,1H3;1-7H2,(H,12,13);1,5H2/t28-;20-;;/m00../s1/i;;;1T. The van der Waals surface area contributed by atoms with Gasteiger partial charge in [0.05, 0.1) is 124 Å². The van der Waals surface area contributed by atoms with Crippen LogP contribution in [0.1, 0.15) is 61.4 Å². The molecule has 464 valence electrons. The van der Waals surface area contributed by atoms with Crippen molar-refractivity contribution < 1.29 is 73.4 Å². The first-order valence-corrected chi connectivity index (χ1v) is 28.2. The monoisotopic (exact) mass is 1240 g/mol. The van der Waals surface area contributed by atoms with Crippen molar-refractivity contribution in [1.82, 2.24) is 19.1 Å². The fourth-order valence-corrected chi connectivity index (χ4v) is 9.82. The number of ether oxygens (including phenoxy) is 9. The number of carbonyl (C=O) groups excluding carboxylic acids is 3. The van der Waals surface area contributed by atoms with Crippen LogP contribution in [0, 0.1) is 0 Å². The van der Waals surface area contributed by atoms with E-state index in [2.05, 4.69) is 30.1 Å². The molecule has 0 spiro atoms. The van der Waals surface area contributed by atoms with Gasteiger partial charge in [-0.05, 0) is 65.8 Å². The number of carbonyl (C=O) groups is 4. The van der Waals surface area contributed by atoms with Crippen molar-refractivity contribution in [3.05, 3.63) is 158 Å². The van der Waals surface area contributed by atoms with Gasteiger partial charge in [-0.2, -0.15) is 0 Å². The van der Waals surface area contributed by atoms with Crippen molar-refractivity contribution in [2.45, 2.75) is 64.2 Å². The maximum absolute atomic E-state index is 13.6. The van der Waals surface area contributed by atoms with E-state index in [1.165, 1.54) is 0 Å². The zero-order chi connectivity index (χ0) is 63.9. The van der Waals surface area contributed by atoms with Gasteiger partial charge < -0.3 is 62.0 Å². The van der Waals surface area contributed by atoms with Crippen LogP contribution >= 0.6 is 9.24 Å². The molecule has 0 radical (unpaired) electrons. The molecule has 4 aromatic heterocycles. The molecular formula is C57H64N13O17P. The van der Waals surface area contributed by atoms with Crippen LogP contribution in [0.15, 0.2) is 97.7 Å². The lowest BCUT2D eigenvalue weighted by molar-refractivity contribution is -0.192. The fourth-order valence-electron chi connectivity index (χ4n) is 9.76. The number of aromatic nitrogens is 4. The summed E-state index contributed by atoms with van der Waals surface area (Å²) in [6.45, 7) is 6.64. The van der Waals surface area contributed by atoms with Crippen LogP contribution in [0.4, 0.5) is 0 Å². The van der Waals surface area contributed by atoms with Gasteiger partial charge >= 0.3 is 23.9 Å². The van der Waals surface area contributed by atoms with Crippen molar-refractivity contribution >= 4 is 54.9 Å². The average Bonchev–Trinajstić information content (AvgIpc) is 1.72. The van der Waals surface area contributed by atoms with E-state index in [4.69, 9.17) is 75.7 Å². The van der Waals surface area contributed by atoms with E-state index >= 15 is 0 Å². The molecule has 31 heteroatoms. The summed E-state index contributed by atoms with van der Waals surface area (Å²) < 4.78 is 56.8. The maximum Gasteiger partial charge on any atom is 0.355 e. The van der Waals surface area contributed by atoms with Crippen LogP contribution in [-0.2, 0) is 99.3 Å². The molecule has 0 amide bonds. The number of aliphatic carboxylic acids is 1. The van der Waals surface area contributed by atoms with Crippen molar-refractivity contribution in [3.8, 4) is 22.8 Å². The summed E-state index contributed by atoms with van der Waals surface area (Å²) in [6, 6.07) is 23.0. The molecule has 0 fully saturated rings. The molecule has 88 heavy (non-hydrogen) atoms. The molecule has 0 saturated carbocycles. The Morgan fingerprint density at radius 3 is 1.53 bits per heavy atom. The van der Waals surface area contributed by atoms with Crippen molar-refractivity contribution in [2.24, 2.45) is 15.3 Å². The van der Waals surface area contributed by atoms with Crippen LogP contribution < -0.4 is 11.1 Å². The number of cyclic esters (lactones) is 2. The van der Waals surface area contributed by atoms with Gasteiger partial charge in [0.2, 0.25) is 5.60 Å². The van der Waals surface area contributed by atoms with Crippen LogP contribution in [0.2, 0.25) is 0 Å². The lowest BCUT2D eigenvalue weighted by atomic mass is 9.85. The summed E-state index contributed by atoms with van der Waals surface area (Å²) in [7, 11) is 2.02. The van der Waals surface area contributed by atoms with Gasteiger partial charge in [-0.25, -0.2) is 29.1 Å². The highest BCUT2D eigenvalue weighted by Crippen LogP contribution is 2.42. The first-order valence-electron chi connectivity index (χ1n) is 28.2. The molecule has 4 atom stereocenters. The number of hydrogen-bond donors (Lipinski definition) is 2. The summed E-state index contributed by atoms with van der Waals surface area (Å²) in [5, 5.41) is 30.6. The predicted octanol–water partition coefficient (Wildman–Crippen LogP) is 6.63. The van der Waals surface area contributed by atoms with Gasteiger partial charge in [0.1, 0.15) is 26.4 Å². The van der Waals surface area contributed by atoms with Crippen LogP contribution in [-0.4, -0.2) is 152 Å². The third-order valence-corrected chi connectivity index (χ3v) is 14.1. The highest BCUT2D eigenvalue weighted by atomic mass is 31.0. The Hall–Kier alpha value is -8.88. The minimum absolute atomic E-state index is 0.0638. The first-order chi connectivity index (χ1) is 43.0. The molecule has 8 heterocycles. The fraction of sp³-hybridized carbons (Fsp3) is 0.439. The minimum atomic E-state index is -1.79. The van der Waals surface area contributed by atoms with Crippen LogP contribution in [0.25, 0.3) is 75.9 Å². The third kappa shape index (κ3) is 16.2. The summed E-state index contributed by atoms with van der Waals surface area (Å²) in [5.41, 5.74) is 26.9. The van der Waals surface area contributed by atoms with Crippen LogP contribution in [0.3, 0.4) is 0 Å². The quantitative estimate of drug-likeness (QED) is 0.0109. The molecule has 2 unspecified atom stereocenters. The Kier molecular flexibility index (Phi) is 24.2. The molecular weight excluding hydrogens is 1170 g/mol. The second-order valence-corrected chi connectivity index (χ2v) is 19.5. The molecule has 2 aromatic carbocycles. The number of hydrogen-bond acceptors (Lipinski definition) is 21. The Morgan fingerprint density at radius 2 is 1.08 bits per heavy atom. The molecule has 0 bridgehead atoms. The van der Waals surface area contributed by atoms with E-state index in [1.54, 1.807) is 35.1 Å². The molecule has 6 aromatic rings. The van der Waals surface area contributed by atoms with Crippen molar-refractivity contribution in [3.63, 3.8) is 0 Å². The van der Waals surface area contributed by atoms with Gasteiger partial charge in [-0.1, -0.05) is 65.6 Å². The number of rotatable bonds is 26. The van der Waals surface area contributed by atoms with Gasteiger partial charge in [-0.3, -0.25) is 9.59 Å². The second-order valence-electron chi connectivity index (χ2n) is 19.2. The summed E-state index contributed by atoms with van der Waals surface area (Å²) in [6.07, 6.45) is -0.524. The number of carboxylic acids is 1. The molecule has 4 aliphatic rings. The number of benzene rings is 2. The first kappa shape index (κ1) is 65.1. The van der Waals surface area contributed by atoms with Crippen LogP contribution in [0.5, 0.6) is 0 Å². The number of esters is 3. The zero-order valence-electron chi connectivity index (χ0n) is 49.1. The number of azide groups is 3. The molecule has 30 nitrogen and oxygen atoms in total. The number of nitrogens with zero attached hydrogens (tertiary/aromatic N) is 13. The number of para-hydroxylation sites is 2. The summed E-state index contributed by atoms with van der Waals surface area (Å²) in [4.78, 5) is 91.8. The Labute approximate surface area is 505 Å². The Bertz CT molecular complexity index is 3830.